The van der Waals surface area contributed by atoms with E-state index in [2.05, 4.69) is 28.9 Å². The Bertz CT molecular complexity index is 1150. The molecule has 0 atom stereocenters. The molecule has 2 aromatic heterocycles. The van der Waals surface area contributed by atoms with Crippen molar-refractivity contribution in [1.29, 1.82) is 0 Å². The molecular formula is C24H31N5O2. The van der Waals surface area contributed by atoms with Gasteiger partial charge in [-0.25, -0.2) is 4.98 Å². The molecule has 1 amide bonds. The fourth-order valence-electron chi connectivity index (χ4n) is 5.11. The number of fused-ring (bicyclic) bond motifs is 2. The van der Waals surface area contributed by atoms with Crippen molar-refractivity contribution >= 4 is 22.7 Å². The lowest BCUT2D eigenvalue weighted by Gasteiger charge is -2.43. The maximum absolute atomic E-state index is 13.1. The third-order valence-corrected chi connectivity index (χ3v) is 6.68. The lowest BCUT2D eigenvalue weighted by Crippen LogP contribution is -2.46. The molecule has 0 bridgehead atoms. The van der Waals surface area contributed by atoms with Crippen LogP contribution in [-0.4, -0.2) is 49.4 Å². The van der Waals surface area contributed by atoms with Gasteiger partial charge in [0.05, 0.1) is 17.2 Å². The highest BCUT2D eigenvalue weighted by Crippen LogP contribution is 2.44. The van der Waals surface area contributed by atoms with Crippen molar-refractivity contribution in [2.24, 2.45) is 5.41 Å². The molecule has 164 valence electrons. The van der Waals surface area contributed by atoms with E-state index in [1.807, 2.05) is 40.9 Å². The van der Waals surface area contributed by atoms with Crippen molar-refractivity contribution in [1.82, 2.24) is 24.6 Å². The van der Waals surface area contributed by atoms with E-state index in [1.54, 1.807) is 0 Å². The van der Waals surface area contributed by atoms with Gasteiger partial charge in [-0.05, 0) is 63.6 Å². The minimum atomic E-state index is -0.0455. The summed E-state index contributed by atoms with van der Waals surface area (Å²) in [6, 6.07) is 5.82. The molecule has 1 N–H and O–H groups in total. The van der Waals surface area contributed by atoms with Crippen LogP contribution in [0.25, 0.3) is 11.0 Å². The predicted octanol–water partition coefficient (Wildman–Crippen LogP) is 4.34. The van der Waals surface area contributed by atoms with Gasteiger partial charge in [0, 0.05) is 36.7 Å². The standard InChI is InChI=1S/C23H27N5O2.CH4/c1-14(2)28-21-17(13-24-28)11-23(12-20(21)29)6-8-27(9-7-23)22(30)16-4-5-18-19(10-16)26-15(3)25-18;/h4-5,10,13-14H,6-9,11-12H2,1-3H3,(H,25,26);1H4. The minimum Gasteiger partial charge on any atom is -0.342 e. The summed E-state index contributed by atoms with van der Waals surface area (Å²) in [6.07, 6.45) is 5.00. The maximum atomic E-state index is 13.1. The van der Waals surface area contributed by atoms with Gasteiger partial charge in [0.25, 0.3) is 5.91 Å². The molecule has 3 heterocycles. The fraction of sp³-hybridized carbons (Fsp3) is 0.500. The first-order chi connectivity index (χ1) is 14.3. The fourth-order valence-corrected chi connectivity index (χ4v) is 5.11. The third kappa shape index (κ3) is 3.56. The molecule has 2 aliphatic rings. The zero-order valence-corrected chi connectivity index (χ0v) is 17.7. The van der Waals surface area contributed by atoms with Crippen LogP contribution in [0, 0.1) is 12.3 Å². The number of aryl methyl sites for hydroxylation is 1. The molecule has 1 aliphatic heterocycles. The summed E-state index contributed by atoms with van der Waals surface area (Å²) in [4.78, 5) is 35.6. The number of Topliss-reactive ketones (excluding diaryl/α,β-unsaturated/α-hetero) is 1. The van der Waals surface area contributed by atoms with E-state index < -0.39 is 0 Å². The monoisotopic (exact) mass is 421 g/mol. The van der Waals surface area contributed by atoms with E-state index in [0.29, 0.717) is 25.1 Å². The predicted molar refractivity (Wildman–Crippen MR) is 120 cm³/mol. The molecule has 1 fully saturated rings. The third-order valence-electron chi connectivity index (χ3n) is 6.68. The number of amides is 1. The Balaban J connectivity index is 0.00000231. The van der Waals surface area contributed by atoms with Gasteiger partial charge in [-0.1, -0.05) is 7.43 Å². The molecule has 1 aromatic carbocycles. The van der Waals surface area contributed by atoms with Gasteiger partial charge in [0.1, 0.15) is 11.5 Å². The van der Waals surface area contributed by atoms with Crippen LogP contribution in [0.4, 0.5) is 0 Å². The van der Waals surface area contributed by atoms with E-state index >= 15 is 0 Å². The molecule has 0 unspecified atom stereocenters. The number of carbonyl (C=O) groups excluding carboxylic acids is 2. The molecule has 31 heavy (non-hydrogen) atoms. The molecule has 1 spiro atoms. The number of hydrogen-bond acceptors (Lipinski definition) is 4. The van der Waals surface area contributed by atoms with E-state index in [9.17, 15) is 9.59 Å². The van der Waals surface area contributed by atoms with Gasteiger partial charge in [-0.3, -0.25) is 14.3 Å². The number of benzene rings is 1. The number of likely N-dealkylation sites (tertiary alicyclic amines) is 1. The number of rotatable bonds is 2. The molecule has 7 heteroatoms. The molecule has 7 nitrogen and oxygen atoms in total. The molecule has 0 radical (unpaired) electrons. The van der Waals surface area contributed by atoms with Crippen LogP contribution in [0.3, 0.4) is 0 Å². The Kier molecular flexibility index (Phi) is 5.23. The van der Waals surface area contributed by atoms with Gasteiger partial charge >= 0.3 is 0 Å². The SMILES string of the molecule is C.Cc1nc2ccc(C(=O)N3CCC4(CC3)CC(=O)c3c(cnn3C(C)C)C4)cc2[nH]1. The van der Waals surface area contributed by atoms with E-state index in [-0.39, 0.29) is 30.6 Å². The first-order valence-corrected chi connectivity index (χ1v) is 10.7. The van der Waals surface area contributed by atoms with Crippen LogP contribution >= 0.6 is 0 Å². The molecule has 1 saturated heterocycles. The number of ketones is 1. The van der Waals surface area contributed by atoms with Crippen molar-refractivity contribution in [2.75, 3.05) is 13.1 Å². The number of hydrogen-bond donors (Lipinski definition) is 1. The summed E-state index contributed by atoms with van der Waals surface area (Å²) in [6.45, 7) is 7.38. The van der Waals surface area contributed by atoms with Crippen LogP contribution in [-0.2, 0) is 6.42 Å². The highest BCUT2D eigenvalue weighted by molar-refractivity contribution is 5.98. The maximum Gasteiger partial charge on any atom is 0.253 e. The lowest BCUT2D eigenvalue weighted by atomic mass is 9.67. The first-order valence-electron chi connectivity index (χ1n) is 10.7. The Morgan fingerprint density at radius 3 is 2.65 bits per heavy atom. The number of H-pyrrole nitrogens is 1. The smallest absolute Gasteiger partial charge is 0.253 e. The average Bonchev–Trinajstić information content (AvgIpc) is 3.30. The summed E-state index contributed by atoms with van der Waals surface area (Å²) in [5.41, 5.74) is 4.26. The normalized spacial score (nSPS) is 17.8. The van der Waals surface area contributed by atoms with Gasteiger partial charge in [0.2, 0.25) is 0 Å². The van der Waals surface area contributed by atoms with Crippen LogP contribution in [0.1, 0.15) is 78.8 Å². The largest absolute Gasteiger partial charge is 0.342 e. The summed E-state index contributed by atoms with van der Waals surface area (Å²) in [7, 11) is 0. The number of aromatic nitrogens is 4. The van der Waals surface area contributed by atoms with E-state index in [4.69, 9.17) is 0 Å². The van der Waals surface area contributed by atoms with Crippen LogP contribution in [0.2, 0.25) is 0 Å². The first kappa shape index (κ1) is 21.3. The summed E-state index contributed by atoms with van der Waals surface area (Å²) >= 11 is 0. The lowest BCUT2D eigenvalue weighted by molar-refractivity contribution is 0.0517. The Morgan fingerprint density at radius 1 is 1.19 bits per heavy atom. The second kappa shape index (κ2) is 7.62. The van der Waals surface area contributed by atoms with Crippen LogP contribution < -0.4 is 0 Å². The zero-order valence-electron chi connectivity index (χ0n) is 17.7. The molecule has 3 aromatic rings. The van der Waals surface area contributed by atoms with E-state index in [0.717, 1.165) is 47.4 Å². The second-order valence-corrected chi connectivity index (χ2v) is 9.18. The van der Waals surface area contributed by atoms with Gasteiger partial charge < -0.3 is 9.88 Å². The average molecular weight is 422 g/mol. The van der Waals surface area contributed by atoms with Crippen molar-refractivity contribution < 1.29 is 9.59 Å². The number of carbonyl (C=O) groups is 2. The highest BCUT2D eigenvalue weighted by Gasteiger charge is 2.43. The Morgan fingerprint density at radius 2 is 1.94 bits per heavy atom. The molecule has 5 rings (SSSR count). The number of imidazole rings is 1. The number of nitrogens with zero attached hydrogens (tertiary/aromatic N) is 4. The number of piperidine rings is 1. The van der Waals surface area contributed by atoms with Crippen molar-refractivity contribution in [3.05, 3.63) is 47.0 Å². The van der Waals surface area contributed by atoms with E-state index in [1.165, 1.54) is 0 Å². The van der Waals surface area contributed by atoms with Crippen molar-refractivity contribution in [2.45, 2.75) is 59.9 Å². The Labute approximate surface area is 182 Å². The number of aromatic amines is 1. The van der Waals surface area contributed by atoms with Gasteiger partial charge in [0.15, 0.2) is 5.78 Å². The highest BCUT2D eigenvalue weighted by atomic mass is 16.2. The molecule has 1 aliphatic carbocycles. The molecular weight excluding hydrogens is 390 g/mol. The van der Waals surface area contributed by atoms with Gasteiger partial charge in [-0.2, -0.15) is 5.10 Å². The zero-order chi connectivity index (χ0) is 21.0. The van der Waals surface area contributed by atoms with Crippen molar-refractivity contribution in [3.8, 4) is 0 Å². The van der Waals surface area contributed by atoms with Crippen molar-refractivity contribution in [3.63, 3.8) is 0 Å². The quantitative estimate of drug-likeness (QED) is 0.667. The number of nitrogens with one attached hydrogen (secondary N) is 1. The summed E-state index contributed by atoms with van der Waals surface area (Å²) in [5.74, 6) is 1.09. The molecule has 0 saturated carbocycles. The van der Waals surface area contributed by atoms with Crippen LogP contribution in [0.5, 0.6) is 0 Å². The minimum absolute atomic E-state index is 0. The summed E-state index contributed by atoms with van der Waals surface area (Å²) < 4.78 is 1.86. The topological polar surface area (TPSA) is 83.9 Å². The van der Waals surface area contributed by atoms with Gasteiger partial charge in [-0.15, -0.1) is 0 Å². The van der Waals surface area contributed by atoms with Crippen LogP contribution in [0.15, 0.2) is 24.4 Å². The second-order valence-electron chi connectivity index (χ2n) is 9.18. The summed E-state index contributed by atoms with van der Waals surface area (Å²) in [5, 5.41) is 4.46. The Hall–Kier alpha value is -2.96.